The Morgan fingerprint density at radius 2 is 2.36 bits per heavy atom. The Morgan fingerprint density at radius 3 is 3.00 bits per heavy atom. The summed E-state index contributed by atoms with van der Waals surface area (Å²) in [6.07, 6.45) is 0.577. The smallest absolute Gasteiger partial charge is 0.0936 e. The van der Waals surface area contributed by atoms with E-state index in [0.29, 0.717) is 12.7 Å². The van der Waals surface area contributed by atoms with Gasteiger partial charge in [0.2, 0.25) is 0 Å². The van der Waals surface area contributed by atoms with Gasteiger partial charge in [-0.2, -0.15) is 0 Å². The van der Waals surface area contributed by atoms with Gasteiger partial charge in [-0.25, -0.2) is 0 Å². The summed E-state index contributed by atoms with van der Waals surface area (Å²) in [7, 11) is 0. The summed E-state index contributed by atoms with van der Waals surface area (Å²) in [4.78, 5) is 0. The Bertz CT molecular complexity index is 108. The SMILES string of the molecule is CCOC[C@H]1CNC[C@@H](C)O1. The molecule has 0 radical (unpaired) electrons. The van der Waals surface area contributed by atoms with Gasteiger partial charge in [0, 0.05) is 19.7 Å². The van der Waals surface area contributed by atoms with Gasteiger partial charge in [-0.15, -0.1) is 0 Å². The zero-order valence-electron chi connectivity index (χ0n) is 7.30. The molecule has 0 aliphatic carbocycles. The Labute approximate surface area is 68.1 Å². The molecule has 0 bridgehead atoms. The Balaban J connectivity index is 2.12. The molecule has 0 aromatic carbocycles. The summed E-state index contributed by atoms with van der Waals surface area (Å²) >= 11 is 0. The van der Waals surface area contributed by atoms with Crippen molar-refractivity contribution in [3.05, 3.63) is 0 Å². The van der Waals surface area contributed by atoms with Crippen LogP contribution in [0, 0.1) is 0 Å². The van der Waals surface area contributed by atoms with E-state index in [2.05, 4.69) is 12.2 Å². The molecule has 1 rings (SSSR count). The average Bonchev–Trinajstić information content (AvgIpc) is 2.01. The molecule has 0 amide bonds. The lowest BCUT2D eigenvalue weighted by Crippen LogP contribution is -2.45. The first-order chi connectivity index (χ1) is 5.33. The van der Waals surface area contributed by atoms with Gasteiger partial charge in [-0.1, -0.05) is 0 Å². The lowest BCUT2D eigenvalue weighted by Gasteiger charge is -2.28. The molecule has 1 N–H and O–H groups in total. The van der Waals surface area contributed by atoms with E-state index in [0.717, 1.165) is 19.7 Å². The van der Waals surface area contributed by atoms with Gasteiger partial charge in [0.1, 0.15) is 0 Å². The minimum absolute atomic E-state index is 0.249. The van der Waals surface area contributed by atoms with E-state index in [-0.39, 0.29) is 6.10 Å². The van der Waals surface area contributed by atoms with Crippen LogP contribution in [0.3, 0.4) is 0 Å². The predicted molar refractivity (Wildman–Crippen MR) is 43.7 cm³/mol. The van der Waals surface area contributed by atoms with Crippen molar-refractivity contribution in [2.45, 2.75) is 26.1 Å². The number of morpholine rings is 1. The van der Waals surface area contributed by atoms with Gasteiger partial charge in [0.05, 0.1) is 18.8 Å². The lowest BCUT2D eigenvalue weighted by atomic mass is 10.2. The van der Waals surface area contributed by atoms with Crippen molar-refractivity contribution >= 4 is 0 Å². The maximum Gasteiger partial charge on any atom is 0.0936 e. The van der Waals surface area contributed by atoms with Crippen LogP contribution in [-0.2, 0) is 9.47 Å². The fraction of sp³-hybridized carbons (Fsp3) is 1.00. The highest BCUT2D eigenvalue weighted by molar-refractivity contribution is 4.70. The number of hydrogen-bond donors (Lipinski definition) is 1. The molecule has 0 saturated carbocycles. The van der Waals surface area contributed by atoms with Crippen LogP contribution in [0.4, 0.5) is 0 Å². The van der Waals surface area contributed by atoms with Gasteiger partial charge >= 0.3 is 0 Å². The number of rotatable bonds is 3. The first-order valence-corrected chi connectivity index (χ1v) is 4.27. The highest BCUT2D eigenvalue weighted by atomic mass is 16.5. The summed E-state index contributed by atoms with van der Waals surface area (Å²) in [5.74, 6) is 0. The van der Waals surface area contributed by atoms with Crippen molar-refractivity contribution < 1.29 is 9.47 Å². The van der Waals surface area contributed by atoms with Crippen molar-refractivity contribution in [1.29, 1.82) is 0 Å². The van der Waals surface area contributed by atoms with Gasteiger partial charge in [0.25, 0.3) is 0 Å². The normalized spacial score (nSPS) is 32.2. The number of hydrogen-bond acceptors (Lipinski definition) is 3. The highest BCUT2D eigenvalue weighted by Gasteiger charge is 2.17. The van der Waals surface area contributed by atoms with E-state index in [1.807, 2.05) is 6.92 Å². The molecule has 11 heavy (non-hydrogen) atoms. The summed E-state index contributed by atoms with van der Waals surface area (Å²) in [6, 6.07) is 0. The second kappa shape index (κ2) is 4.70. The molecule has 1 heterocycles. The Kier molecular flexibility index (Phi) is 3.83. The molecule has 3 heteroatoms. The Hall–Kier alpha value is -0.120. The zero-order valence-corrected chi connectivity index (χ0v) is 7.30. The summed E-state index contributed by atoms with van der Waals surface area (Å²) in [5.41, 5.74) is 0. The molecule has 1 aliphatic rings. The van der Waals surface area contributed by atoms with Gasteiger partial charge in [-0.3, -0.25) is 0 Å². The van der Waals surface area contributed by atoms with Crippen molar-refractivity contribution in [2.24, 2.45) is 0 Å². The summed E-state index contributed by atoms with van der Waals surface area (Å²) in [6.45, 7) is 7.44. The van der Waals surface area contributed by atoms with E-state index in [1.54, 1.807) is 0 Å². The first-order valence-electron chi connectivity index (χ1n) is 4.27. The van der Waals surface area contributed by atoms with Gasteiger partial charge < -0.3 is 14.8 Å². The van der Waals surface area contributed by atoms with Crippen LogP contribution in [0.1, 0.15) is 13.8 Å². The van der Waals surface area contributed by atoms with Crippen molar-refractivity contribution in [1.82, 2.24) is 5.32 Å². The maximum atomic E-state index is 5.60. The minimum Gasteiger partial charge on any atom is -0.379 e. The van der Waals surface area contributed by atoms with Gasteiger partial charge in [-0.05, 0) is 13.8 Å². The van der Waals surface area contributed by atoms with Crippen molar-refractivity contribution in [2.75, 3.05) is 26.3 Å². The third-order valence-electron chi connectivity index (χ3n) is 1.74. The number of ether oxygens (including phenoxy) is 2. The third-order valence-corrected chi connectivity index (χ3v) is 1.74. The fourth-order valence-corrected chi connectivity index (χ4v) is 1.22. The molecular formula is C8H17NO2. The molecular weight excluding hydrogens is 142 g/mol. The van der Waals surface area contributed by atoms with Crippen LogP contribution in [0.15, 0.2) is 0 Å². The molecule has 3 nitrogen and oxygen atoms in total. The molecule has 0 spiro atoms. The van der Waals surface area contributed by atoms with Crippen molar-refractivity contribution in [3.8, 4) is 0 Å². The summed E-state index contributed by atoms with van der Waals surface area (Å²) < 4.78 is 10.9. The standard InChI is InChI=1S/C8H17NO2/c1-3-10-6-8-5-9-4-7(2)11-8/h7-9H,3-6H2,1-2H3/t7-,8-/m1/s1. The van der Waals surface area contributed by atoms with E-state index in [1.165, 1.54) is 0 Å². The first kappa shape index (κ1) is 8.97. The largest absolute Gasteiger partial charge is 0.379 e. The molecule has 1 saturated heterocycles. The van der Waals surface area contributed by atoms with Gasteiger partial charge in [0.15, 0.2) is 0 Å². The molecule has 1 fully saturated rings. The zero-order chi connectivity index (χ0) is 8.10. The summed E-state index contributed by atoms with van der Waals surface area (Å²) in [5, 5.41) is 3.29. The number of nitrogens with one attached hydrogen (secondary N) is 1. The molecule has 0 aromatic heterocycles. The predicted octanol–water partition coefficient (Wildman–Crippen LogP) is 0.400. The van der Waals surface area contributed by atoms with Crippen LogP contribution in [0.5, 0.6) is 0 Å². The second-order valence-electron chi connectivity index (χ2n) is 2.89. The van der Waals surface area contributed by atoms with E-state index in [4.69, 9.17) is 9.47 Å². The van der Waals surface area contributed by atoms with Crippen molar-refractivity contribution in [3.63, 3.8) is 0 Å². The van der Waals surface area contributed by atoms with E-state index < -0.39 is 0 Å². The van der Waals surface area contributed by atoms with Crippen LogP contribution in [-0.4, -0.2) is 38.5 Å². The lowest BCUT2D eigenvalue weighted by molar-refractivity contribution is -0.0668. The molecule has 0 unspecified atom stereocenters. The monoisotopic (exact) mass is 159 g/mol. The van der Waals surface area contributed by atoms with Crippen LogP contribution < -0.4 is 5.32 Å². The topological polar surface area (TPSA) is 30.5 Å². The molecule has 0 aromatic rings. The molecule has 1 aliphatic heterocycles. The fourth-order valence-electron chi connectivity index (χ4n) is 1.22. The van der Waals surface area contributed by atoms with Crippen LogP contribution >= 0.6 is 0 Å². The highest BCUT2D eigenvalue weighted by Crippen LogP contribution is 2.02. The molecule has 66 valence electrons. The second-order valence-corrected chi connectivity index (χ2v) is 2.89. The minimum atomic E-state index is 0.249. The quantitative estimate of drug-likeness (QED) is 0.646. The van der Waals surface area contributed by atoms with Crippen LogP contribution in [0.2, 0.25) is 0 Å². The van der Waals surface area contributed by atoms with Crippen LogP contribution in [0.25, 0.3) is 0 Å². The van der Waals surface area contributed by atoms with E-state index >= 15 is 0 Å². The van der Waals surface area contributed by atoms with E-state index in [9.17, 15) is 0 Å². The maximum absolute atomic E-state index is 5.60. The third kappa shape index (κ3) is 3.18. The average molecular weight is 159 g/mol. The molecule has 2 atom stereocenters. The Morgan fingerprint density at radius 1 is 1.55 bits per heavy atom.